The molecule has 1 fully saturated rings. The number of carbonyl (C=O) groups excluding carboxylic acids is 1. The van der Waals surface area contributed by atoms with Gasteiger partial charge in [0.25, 0.3) is 5.92 Å². The Balaban J connectivity index is 2.38. The van der Waals surface area contributed by atoms with Crippen LogP contribution in [-0.4, -0.2) is 11.8 Å². The summed E-state index contributed by atoms with van der Waals surface area (Å²) in [4.78, 5) is 10.9. The maximum absolute atomic E-state index is 13.5. The number of allylic oxidation sites excluding steroid dienone is 2. The van der Waals surface area contributed by atoms with E-state index in [-0.39, 0.29) is 17.5 Å². The van der Waals surface area contributed by atoms with Crippen LogP contribution in [0.4, 0.5) is 8.78 Å². The van der Waals surface area contributed by atoms with Crippen molar-refractivity contribution in [3.63, 3.8) is 0 Å². The molecule has 3 N–H and O–H groups in total. The average Bonchev–Trinajstić information content (AvgIpc) is 2.92. The minimum absolute atomic E-state index is 0.190. The lowest BCUT2D eigenvalue weighted by Gasteiger charge is -2.14. The highest BCUT2D eigenvalue weighted by Crippen LogP contribution is 2.62. The molecule has 3 nitrogen and oxygen atoms in total. The quantitative estimate of drug-likeness (QED) is 0.697. The Bertz CT molecular complexity index is 447. The number of rotatable bonds is 2. The molecule has 0 bridgehead atoms. The Morgan fingerprint density at radius 1 is 1.69 bits per heavy atom. The van der Waals surface area contributed by atoms with Crippen molar-refractivity contribution in [2.24, 2.45) is 17.6 Å². The lowest BCUT2D eigenvalue weighted by Crippen LogP contribution is -2.27. The number of halogens is 2. The molecule has 2 atom stereocenters. The van der Waals surface area contributed by atoms with Gasteiger partial charge >= 0.3 is 0 Å². The molecule has 0 saturated heterocycles. The van der Waals surface area contributed by atoms with Crippen LogP contribution >= 0.6 is 0 Å². The van der Waals surface area contributed by atoms with E-state index in [0.29, 0.717) is 12.0 Å². The van der Waals surface area contributed by atoms with Gasteiger partial charge in [-0.05, 0) is 12.3 Å². The molecule has 1 amide bonds. The molecule has 2 aliphatic carbocycles. The lowest BCUT2D eigenvalue weighted by molar-refractivity contribution is -0.118. The fraction of sp³-hybridized carbons (Fsp3) is 0.455. The summed E-state index contributed by atoms with van der Waals surface area (Å²) in [5.74, 6) is -4.27. The third-order valence-corrected chi connectivity index (χ3v) is 3.02. The molecular formula is C11H12F2N2O. The third-order valence-electron chi connectivity index (χ3n) is 3.02. The van der Waals surface area contributed by atoms with Gasteiger partial charge in [-0.25, -0.2) is 0 Å². The second-order valence-electron chi connectivity index (χ2n) is 4.13. The molecule has 0 heterocycles. The zero-order valence-corrected chi connectivity index (χ0v) is 8.81. The molecule has 0 radical (unpaired) electrons. The highest BCUT2D eigenvalue weighted by Gasteiger charge is 2.64. The number of hydrogen-bond acceptors (Lipinski definition) is 2. The zero-order chi connectivity index (χ0) is 12.1. The third kappa shape index (κ3) is 1.36. The molecule has 0 aliphatic heterocycles. The van der Waals surface area contributed by atoms with Crippen molar-refractivity contribution in [3.8, 4) is 0 Å². The average molecular weight is 226 g/mol. The molecule has 1 unspecified atom stereocenters. The minimum atomic E-state index is -2.96. The van der Waals surface area contributed by atoms with Gasteiger partial charge in [-0.2, -0.15) is 8.78 Å². The molecule has 0 aromatic rings. The summed E-state index contributed by atoms with van der Waals surface area (Å²) < 4.78 is 27.0. The van der Waals surface area contributed by atoms with Crippen molar-refractivity contribution in [1.82, 2.24) is 5.32 Å². The first-order valence-corrected chi connectivity index (χ1v) is 4.95. The Labute approximate surface area is 91.7 Å². The van der Waals surface area contributed by atoms with Crippen molar-refractivity contribution in [2.45, 2.75) is 19.3 Å². The molecule has 0 spiro atoms. The number of hydrogen-bond donors (Lipinski definition) is 2. The smallest absolute Gasteiger partial charge is 0.290 e. The van der Waals surface area contributed by atoms with Crippen LogP contribution in [0.5, 0.6) is 0 Å². The number of carbonyl (C=O) groups is 1. The van der Waals surface area contributed by atoms with E-state index in [0.717, 1.165) is 0 Å². The van der Waals surface area contributed by atoms with Gasteiger partial charge in [0.2, 0.25) is 5.91 Å². The van der Waals surface area contributed by atoms with Crippen LogP contribution in [0, 0.1) is 11.8 Å². The van der Waals surface area contributed by atoms with E-state index >= 15 is 0 Å². The predicted molar refractivity (Wildman–Crippen MR) is 54.2 cm³/mol. The van der Waals surface area contributed by atoms with Crippen LogP contribution in [-0.2, 0) is 4.79 Å². The summed E-state index contributed by atoms with van der Waals surface area (Å²) >= 11 is 0. The Kier molecular flexibility index (Phi) is 2.17. The van der Waals surface area contributed by atoms with E-state index in [1.807, 2.05) is 0 Å². The van der Waals surface area contributed by atoms with Gasteiger partial charge in [-0.1, -0.05) is 6.58 Å². The highest BCUT2D eigenvalue weighted by molar-refractivity contribution is 5.76. The first kappa shape index (κ1) is 10.9. The van der Waals surface area contributed by atoms with Crippen molar-refractivity contribution in [2.75, 3.05) is 0 Å². The van der Waals surface area contributed by atoms with E-state index in [1.165, 1.54) is 6.92 Å². The summed E-state index contributed by atoms with van der Waals surface area (Å²) in [6, 6.07) is 0. The lowest BCUT2D eigenvalue weighted by atomic mass is 10.1. The Morgan fingerprint density at radius 2 is 2.31 bits per heavy atom. The van der Waals surface area contributed by atoms with Crippen molar-refractivity contribution in [3.05, 3.63) is 29.3 Å². The second kappa shape index (κ2) is 3.19. The minimum Gasteiger partial charge on any atom is -0.397 e. The molecule has 5 heteroatoms. The van der Waals surface area contributed by atoms with Gasteiger partial charge < -0.3 is 11.1 Å². The predicted octanol–water partition coefficient (Wildman–Crippen LogP) is 1.29. The summed E-state index contributed by atoms with van der Waals surface area (Å²) in [6.07, 6.45) is 0.411. The van der Waals surface area contributed by atoms with Gasteiger partial charge in [0.15, 0.2) is 0 Å². The summed E-state index contributed by atoms with van der Waals surface area (Å²) in [5, 5.41) is 2.43. The highest BCUT2D eigenvalue weighted by atomic mass is 19.3. The van der Waals surface area contributed by atoms with Gasteiger partial charge in [-0.3, -0.25) is 4.79 Å². The van der Waals surface area contributed by atoms with Crippen LogP contribution in [0.3, 0.4) is 0 Å². The molecule has 2 rings (SSSR count). The molecule has 0 aromatic carbocycles. The van der Waals surface area contributed by atoms with E-state index in [1.54, 1.807) is 0 Å². The maximum Gasteiger partial charge on any atom is 0.290 e. The van der Waals surface area contributed by atoms with E-state index in [2.05, 4.69) is 17.6 Å². The van der Waals surface area contributed by atoms with E-state index < -0.39 is 17.5 Å². The Morgan fingerprint density at radius 3 is 2.69 bits per heavy atom. The fourth-order valence-corrected chi connectivity index (χ4v) is 2.20. The van der Waals surface area contributed by atoms with Crippen LogP contribution in [0.15, 0.2) is 29.3 Å². The number of amides is 1. The van der Waals surface area contributed by atoms with Crippen molar-refractivity contribution in [1.29, 1.82) is 0 Å². The molecule has 2 aliphatic rings. The van der Waals surface area contributed by atoms with Gasteiger partial charge in [0.1, 0.15) is 0 Å². The number of nitrogens with one attached hydrogen (secondary N) is 1. The summed E-state index contributed by atoms with van der Waals surface area (Å²) in [5.41, 5.74) is 7.93. The summed E-state index contributed by atoms with van der Waals surface area (Å²) in [7, 11) is 0. The molecule has 0 aromatic heterocycles. The molecular weight excluding hydrogens is 214 g/mol. The van der Waals surface area contributed by atoms with Gasteiger partial charge in [0, 0.05) is 18.4 Å². The van der Waals surface area contributed by atoms with E-state index in [4.69, 9.17) is 5.73 Å². The van der Waals surface area contributed by atoms with E-state index in [9.17, 15) is 13.6 Å². The number of nitrogens with two attached hydrogens (primary N) is 1. The van der Waals surface area contributed by atoms with Crippen LogP contribution in [0.25, 0.3) is 0 Å². The fourth-order valence-electron chi connectivity index (χ4n) is 2.20. The number of alkyl halides is 2. The molecule has 1 saturated carbocycles. The first-order valence-electron chi connectivity index (χ1n) is 4.95. The first-order chi connectivity index (χ1) is 7.39. The second-order valence-corrected chi connectivity index (χ2v) is 4.13. The topological polar surface area (TPSA) is 55.1 Å². The van der Waals surface area contributed by atoms with Crippen LogP contribution in [0.2, 0.25) is 0 Å². The monoisotopic (exact) mass is 226 g/mol. The van der Waals surface area contributed by atoms with Crippen LogP contribution in [0.1, 0.15) is 13.3 Å². The molecule has 86 valence electrons. The van der Waals surface area contributed by atoms with Gasteiger partial charge in [0.05, 0.1) is 11.4 Å². The SMILES string of the molecule is C=C=C(NC(C)=O)C1=C(N)C(F)(F)[C@@H]2CC12. The normalized spacial score (nSPS) is 29.4. The van der Waals surface area contributed by atoms with Crippen molar-refractivity contribution >= 4 is 5.91 Å². The number of fused-ring (bicyclic) bond motifs is 1. The summed E-state index contributed by atoms with van der Waals surface area (Å²) in [6.45, 7) is 4.68. The molecule has 16 heavy (non-hydrogen) atoms. The largest absolute Gasteiger partial charge is 0.397 e. The maximum atomic E-state index is 13.5. The van der Waals surface area contributed by atoms with Gasteiger partial charge in [-0.15, -0.1) is 5.73 Å². The van der Waals surface area contributed by atoms with Crippen molar-refractivity contribution < 1.29 is 13.6 Å². The zero-order valence-electron chi connectivity index (χ0n) is 8.81. The Hall–Kier alpha value is -1.61. The van der Waals surface area contributed by atoms with Crippen LogP contribution < -0.4 is 11.1 Å². The standard InChI is InChI=1S/C11H12F2N2O/c1-3-8(15-5(2)16)9-6-4-7(6)11(12,13)10(9)14/h6-7H,1,4,14H2,2H3,(H,15,16)/t6?,7-/m1/s1.